The summed E-state index contributed by atoms with van der Waals surface area (Å²) in [4.78, 5) is 0. The van der Waals surface area contributed by atoms with E-state index in [0.29, 0.717) is 18.8 Å². The van der Waals surface area contributed by atoms with E-state index in [-0.39, 0.29) is 5.60 Å². The molecule has 1 aromatic carbocycles. The fraction of sp³-hybridized carbons (Fsp3) is 0.500. The number of halogens is 2. The van der Waals surface area contributed by atoms with E-state index in [9.17, 15) is 8.78 Å². The maximum atomic E-state index is 12.9. The number of hydrogen-bond donors (Lipinski definition) is 0. The lowest BCUT2D eigenvalue weighted by Gasteiger charge is -2.42. The maximum Gasteiger partial charge on any atom is 0.241 e. The molecule has 23 heavy (non-hydrogen) atoms. The van der Waals surface area contributed by atoms with Gasteiger partial charge in [0.15, 0.2) is 0 Å². The fourth-order valence-corrected chi connectivity index (χ4v) is 3.96. The minimum absolute atomic E-state index is 0.326. The van der Waals surface area contributed by atoms with Crippen LogP contribution in [0.1, 0.15) is 37.7 Å². The van der Waals surface area contributed by atoms with Gasteiger partial charge < -0.3 is 4.74 Å². The van der Waals surface area contributed by atoms with E-state index in [1.165, 1.54) is 11.1 Å². The van der Waals surface area contributed by atoms with Crippen LogP contribution in [0, 0.1) is 11.8 Å². The van der Waals surface area contributed by atoms with Crippen LogP contribution in [0.25, 0.3) is 5.57 Å². The first-order valence-electron chi connectivity index (χ1n) is 8.43. The lowest BCUT2D eigenvalue weighted by atomic mass is 9.70. The molecule has 0 bridgehead atoms. The van der Waals surface area contributed by atoms with Crippen molar-refractivity contribution in [2.45, 2.75) is 44.1 Å². The Hall–Kier alpha value is -1.48. The number of allylic oxidation sites excluding steroid dienone is 2. The minimum atomic E-state index is -2.18. The highest BCUT2D eigenvalue weighted by Gasteiger charge is 2.40. The van der Waals surface area contributed by atoms with Gasteiger partial charge in [-0.15, -0.1) is 0 Å². The quantitative estimate of drug-likeness (QED) is 0.713. The van der Waals surface area contributed by atoms with Gasteiger partial charge in [-0.25, -0.2) is 8.78 Å². The molecule has 1 saturated carbocycles. The molecule has 1 fully saturated rings. The van der Waals surface area contributed by atoms with Crippen LogP contribution in [0.15, 0.2) is 48.6 Å². The Labute approximate surface area is 137 Å². The van der Waals surface area contributed by atoms with Crippen LogP contribution >= 0.6 is 0 Å². The average molecular weight is 318 g/mol. The summed E-state index contributed by atoms with van der Waals surface area (Å²) in [6.45, 7) is 0. The van der Waals surface area contributed by atoms with Gasteiger partial charge in [0.1, 0.15) is 0 Å². The van der Waals surface area contributed by atoms with Crippen molar-refractivity contribution in [1.29, 1.82) is 0 Å². The van der Waals surface area contributed by atoms with Crippen LogP contribution in [0.4, 0.5) is 8.78 Å². The monoisotopic (exact) mass is 318 g/mol. The van der Waals surface area contributed by atoms with Gasteiger partial charge in [-0.05, 0) is 49.2 Å². The highest BCUT2D eigenvalue weighted by atomic mass is 19.3. The van der Waals surface area contributed by atoms with Crippen molar-refractivity contribution in [3.05, 3.63) is 54.1 Å². The molecular formula is C20H24F2O. The Bertz CT molecular complexity index is 571. The summed E-state index contributed by atoms with van der Waals surface area (Å²) >= 11 is 0. The van der Waals surface area contributed by atoms with Crippen molar-refractivity contribution < 1.29 is 13.5 Å². The van der Waals surface area contributed by atoms with Crippen molar-refractivity contribution in [2.75, 3.05) is 7.11 Å². The van der Waals surface area contributed by atoms with Gasteiger partial charge in [0.25, 0.3) is 0 Å². The smallest absolute Gasteiger partial charge is 0.241 e. The molecule has 0 amide bonds. The topological polar surface area (TPSA) is 9.23 Å². The molecule has 0 radical (unpaired) electrons. The van der Waals surface area contributed by atoms with E-state index >= 15 is 0 Å². The highest BCUT2D eigenvalue weighted by Crippen LogP contribution is 2.43. The number of benzene rings is 1. The largest absolute Gasteiger partial charge is 0.374 e. The van der Waals surface area contributed by atoms with Crippen LogP contribution in [-0.2, 0) is 4.74 Å². The van der Waals surface area contributed by atoms with Gasteiger partial charge in [0.2, 0.25) is 6.43 Å². The molecule has 0 aliphatic heterocycles. The SMILES string of the molecule is COC1(C2CCC(C(F)F)CC2)C=CC(c2ccccc2)=CC1. The molecule has 0 spiro atoms. The zero-order chi connectivity index (χ0) is 16.3. The number of ether oxygens (including phenoxy) is 1. The molecule has 0 saturated heterocycles. The molecule has 1 unspecified atom stereocenters. The molecule has 2 aliphatic carbocycles. The third kappa shape index (κ3) is 3.40. The molecule has 2 aliphatic rings. The van der Waals surface area contributed by atoms with E-state index in [1.54, 1.807) is 7.11 Å². The summed E-state index contributed by atoms with van der Waals surface area (Å²) in [6, 6.07) is 10.3. The predicted molar refractivity (Wildman–Crippen MR) is 89.4 cm³/mol. The lowest BCUT2D eigenvalue weighted by molar-refractivity contribution is -0.0464. The number of alkyl halides is 2. The van der Waals surface area contributed by atoms with Crippen LogP contribution < -0.4 is 0 Å². The van der Waals surface area contributed by atoms with Crippen molar-refractivity contribution in [3.63, 3.8) is 0 Å². The molecule has 124 valence electrons. The van der Waals surface area contributed by atoms with Gasteiger partial charge in [-0.2, -0.15) is 0 Å². The van der Waals surface area contributed by atoms with Gasteiger partial charge in [0.05, 0.1) is 5.60 Å². The van der Waals surface area contributed by atoms with Crippen molar-refractivity contribution >= 4 is 5.57 Å². The molecule has 3 heteroatoms. The van der Waals surface area contributed by atoms with Crippen LogP contribution in [-0.4, -0.2) is 19.1 Å². The highest BCUT2D eigenvalue weighted by molar-refractivity contribution is 5.75. The summed E-state index contributed by atoms with van der Waals surface area (Å²) in [5.74, 6) is -0.101. The first-order valence-corrected chi connectivity index (χ1v) is 8.43. The number of hydrogen-bond acceptors (Lipinski definition) is 1. The first-order chi connectivity index (χ1) is 11.1. The number of rotatable bonds is 4. The zero-order valence-corrected chi connectivity index (χ0v) is 13.6. The van der Waals surface area contributed by atoms with E-state index in [4.69, 9.17) is 4.74 Å². The van der Waals surface area contributed by atoms with E-state index in [0.717, 1.165) is 19.3 Å². The Morgan fingerprint density at radius 3 is 2.30 bits per heavy atom. The van der Waals surface area contributed by atoms with E-state index in [2.05, 4.69) is 30.4 Å². The van der Waals surface area contributed by atoms with E-state index in [1.807, 2.05) is 18.2 Å². The first kappa shape index (κ1) is 16.4. The standard InChI is InChI=1S/C20H24F2O/c1-23-20(18-9-7-17(8-10-18)19(21)22)13-11-16(12-14-20)15-5-3-2-4-6-15/h2-6,11-13,17-19H,7-10,14H2,1H3. The van der Waals surface area contributed by atoms with Crippen LogP contribution in [0.2, 0.25) is 0 Å². The molecule has 1 atom stereocenters. The Morgan fingerprint density at radius 1 is 1.09 bits per heavy atom. The second-order valence-corrected chi connectivity index (χ2v) is 6.67. The zero-order valence-electron chi connectivity index (χ0n) is 13.6. The molecule has 0 N–H and O–H groups in total. The molecule has 3 rings (SSSR count). The summed E-state index contributed by atoms with van der Waals surface area (Å²) in [5.41, 5.74) is 2.08. The second-order valence-electron chi connectivity index (χ2n) is 6.67. The summed E-state index contributed by atoms with van der Waals surface area (Å²) < 4.78 is 31.6. The molecule has 0 aromatic heterocycles. The van der Waals surface area contributed by atoms with Crippen molar-refractivity contribution in [2.24, 2.45) is 11.8 Å². The third-order valence-electron chi connectivity index (χ3n) is 5.49. The van der Waals surface area contributed by atoms with Crippen molar-refractivity contribution in [1.82, 2.24) is 0 Å². The predicted octanol–water partition coefficient (Wildman–Crippen LogP) is 5.49. The minimum Gasteiger partial charge on any atom is -0.374 e. The molecule has 0 heterocycles. The molecule has 1 nitrogen and oxygen atoms in total. The van der Waals surface area contributed by atoms with Gasteiger partial charge in [0, 0.05) is 13.0 Å². The molecule has 1 aromatic rings. The maximum absolute atomic E-state index is 12.9. The van der Waals surface area contributed by atoms with E-state index < -0.39 is 12.3 Å². The lowest BCUT2D eigenvalue weighted by Crippen LogP contribution is -2.41. The fourth-order valence-electron chi connectivity index (χ4n) is 3.96. The summed E-state index contributed by atoms with van der Waals surface area (Å²) in [5, 5.41) is 0. The Morgan fingerprint density at radius 2 is 1.78 bits per heavy atom. The Balaban J connectivity index is 1.70. The second kappa shape index (κ2) is 6.96. The normalized spacial score (nSPS) is 31.2. The van der Waals surface area contributed by atoms with Gasteiger partial charge in [-0.1, -0.05) is 48.6 Å². The van der Waals surface area contributed by atoms with Gasteiger partial charge in [-0.3, -0.25) is 0 Å². The van der Waals surface area contributed by atoms with Gasteiger partial charge >= 0.3 is 0 Å². The molecular weight excluding hydrogens is 294 g/mol. The summed E-state index contributed by atoms with van der Waals surface area (Å²) in [6.07, 6.45) is 7.99. The van der Waals surface area contributed by atoms with Crippen LogP contribution in [0.5, 0.6) is 0 Å². The third-order valence-corrected chi connectivity index (χ3v) is 5.49. The summed E-state index contributed by atoms with van der Waals surface area (Å²) in [7, 11) is 1.74. The van der Waals surface area contributed by atoms with Crippen molar-refractivity contribution in [3.8, 4) is 0 Å². The Kier molecular flexibility index (Phi) is 4.96. The average Bonchev–Trinajstić information content (AvgIpc) is 2.62. The number of methoxy groups -OCH3 is 1. The van der Waals surface area contributed by atoms with Crippen LogP contribution in [0.3, 0.4) is 0 Å².